The molecule has 0 radical (unpaired) electrons. The van der Waals surface area contributed by atoms with Gasteiger partial charge in [0.2, 0.25) is 0 Å². The molecule has 0 amide bonds. The molecule has 1 aromatic heterocycles. The maximum atomic E-state index is 12.4. The molecule has 164 valence electrons. The standard InChI is InChI=1S/C23H27N3O3S2/c1-18-8-10-21(11-9-18)31(27,28)29-17-12-22-19(2)30-23(24-22)26-15-13-25(14-16-26)20-6-4-3-5-7-20/h3-11H,12-17H2,1-2H3. The number of para-hydroxylation sites is 1. The van der Waals surface area contributed by atoms with Gasteiger partial charge in [-0.05, 0) is 38.1 Å². The van der Waals surface area contributed by atoms with Crippen LogP contribution in [0.3, 0.4) is 0 Å². The molecule has 0 saturated carbocycles. The first-order valence-electron chi connectivity index (χ1n) is 10.4. The maximum Gasteiger partial charge on any atom is 0.296 e. The second-order valence-electron chi connectivity index (χ2n) is 7.65. The molecule has 1 aliphatic rings. The van der Waals surface area contributed by atoms with Gasteiger partial charge in [0.25, 0.3) is 10.1 Å². The van der Waals surface area contributed by atoms with E-state index in [4.69, 9.17) is 9.17 Å². The van der Waals surface area contributed by atoms with Crippen molar-refractivity contribution >= 4 is 32.3 Å². The summed E-state index contributed by atoms with van der Waals surface area (Å²) in [5.41, 5.74) is 3.17. The molecule has 1 saturated heterocycles. The van der Waals surface area contributed by atoms with Gasteiger partial charge in [-0.3, -0.25) is 4.18 Å². The average Bonchev–Trinajstić information content (AvgIpc) is 3.15. The fourth-order valence-corrected chi connectivity index (χ4v) is 5.51. The quantitative estimate of drug-likeness (QED) is 0.499. The Morgan fingerprint density at radius 2 is 1.58 bits per heavy atom. The van der Waals surface area contributed by atoms with E-state index in [1.165, 1.54) is 5.69 Å². The number of aryl methyl sites for hydroxylation is 2. The summed E-state index contributed by atoms with van der Waals surface area (Å²) in [6, 6.07) is 17.2. The lowest BCUT2D eigenvalue weighted by molar-refractivity contribution is 0.321. The number of aromatic nitrogens is 1. The van der Waals surface area contributed by atoms with Crippen molar-refractivity contribution < 1.29 is 12.6 Å². The van der Waals surface area contributed by atoms with Crippen molar-refractivity contribution in [2.45, 2.75) is 25.2 Å². The summed E-state index contributed by atoms with van der Waals surface area (Å²) in [6.07, 6.45) is 0.470. The zero-order valence-corrected chi connectivity index (χ0v) is 19.5. The SMILES string of the molecule is Cc1ccc(S(=O)(=O)OCCc2nc(N3CCN(c4ccccc4)CC3)sc2C)cc1. The number of hydrogen-bond donors (Lipinski definition) is 0. The maximum absolute atomic E-state index is 12.4. The van der Waals surface area contributed by atoms with Crippen LogP contribution < -0.4 is 9.80 Å². The Kier molecular flexibility index (Phi) is 6.60. The highest BCUT2D eigenvalue weighted by molar-refractivity contribution is 7.86. The molecular formula is C23H27N3O3S2. The monoisotopic (exact) mass is 457 g/mol. The van der Waals surface area contributed by atoms with Crippen LogP contribution in [0.15, 0.2) is 59.5 Å². The van der Waals surface area contributed by atoms with Gasteiger partial charge in [-0.25, -0.2) is 4.98 Å². The lowest BCUT2D eigenvalue weighted by Crippen LogP contribution is -2.46. The highest BCUT2D eigenvalue weighted by Crippen LogP contribution is 2.28. The summed E-state index contributed by atoms with van der Waals surface area (Å²) in [4.78, 5) is 10.8. The second kappa shape index (κ2) is 9.38. The predicted octanol–water partition coefficient (Wildman–Crippen LogP) is 4.03. The van der Waals surface area contributed by atoms with E-state index in [2.05, 4.69) is 34.1 Å². The van der Waals surface area contributed by atoms with Crippen molar-refractivity contribution in [1.29, 1.82) is 0 Å². The topological polar surface area (TPSA) is 62.7 Å². The van der Waals surface area contributed by atoms with E-state index in [1.54, 1.807) is 35.6 Å². The van der Waals surface area contributed by atoms with Gasteiger partial charge in [0.1, 0.15) is 0 Å². The van der Waals surface area contributed by atoms with Crippen molar-refractivity contribution in [1.82, 2.24) is 4.98 Å². The molecule has 4 rings (SSSR count). The van der Waals surface area contributed by atoms with Crippen LogP contribution in [-0.2, 0) is 20.7 Å². The smallest absolute Gasteiger partial charge is 0.296 e. The Morgan fingerprint density at radius 1 is 0.935 bits per heavy atom. The van der Waals surface area contributed by atoms with Crippen LogP contribution in [-0.4, -0.2) is 46.2 Å². The van der Waals surface area contributed by atoms with Gasteiger partial charge in [-0.2, -0.15) is 8.42 Å². The lowest BCUT2D eigenvalue weighted by Gasteiger charge is -2.36. The normalized spacial score (nSPS) is 14.8. The molecule has 0 N–H and O–H groups in total. The molecule has 1 fully saturated rings. The van der Waals surface area contributed by atoms with Crippen molar-refractivity contribution in [3.05, 3.63) is 70.7 Å². The molecule has 31 heavy (non-hydrogen) atoms. The highest BCUT2D eigenvalue weighted by Gasteiger charge is 2.21. The van der Waals surface area contributed by atoms with Gasteiger partial charge in [-0.15, -0.1) is 11.3 Å². The highest BCUT2D eigenvalue weighted by atomic mass is 32.2. The van der Waals surface area contributed by atoms with Crippen LogP contribution in [0.25, 0.3) is 0 Å². The van der Waals surface area contributed by atoms with E-state index in [0.29, 0.717) is 6.42 Å². The fraction of sp³-hybridized carbons (Fsp3) is 0.348. The van der Waals surface area contributed by atoms with Gasteiger partial charge in [0, 0.05) is 43.2 Å². The molecule has 0 spiro atoms. The Hall–Kier alpha value is -2.42. The zero-order valence-electron chi connectivity index (χ0n) is 17.8. The molecule has 2 aromatic carbocycles. The first-order chi connectivity index (χ1) is 14.9. The summed E-state index contributed by atoms with van der Waals surface area (Å²) in [6.45, 7) is 7.78. The zero-order chi connectivity index (χ0) is 21.8. The molecule has 1 aliphatic heterocycles. The molecular weight excluding hydrogens is 430 g/mol. The molecule has 8 heteroatoms. The molecule has 0 aliphatic carbocycles. The number of rotatable bonds is 7. The molecule has 0 atom stereocenters. The van der Waals surface area contributed by atoms with Gasteiger partial charge in [-0.1, -0.05) is 35.9 Å². The molecule has 0 bridgehead atoms. The van der Waals surface area contributed by atoms with Crippen molar-refractivity contribution in [3.8, 4) is 0 Å². The number of nitrogens with zero attached hydrogens (tertiary/aromatic N) is 3. The number of piperazine rings is 1. The van der Waals surface area contributed by atoms with Crippen molar-refractivity contribution in [3.63, 3.8) is 0 Å². The largest absolute Gasteiger partial charge is 0.368 e. The third-order valence-corrected chi connectivity index (χ3v) is 7.84. The minimum absolute atomic E-state index is 0.0853. The predicted molar refractivity (Wildman–Crippen MR) is 126 cm³/mol. The first kappa shape index (κ1) is 21.8. The van der Waals surface area contributed by atoms with Crippen LogP contribution in [0.2, 0.25) is 0 Å². The van der Waals surface area contributed by atoms with E-state index in [1.807, 2.05) is 19.9 Å². The summed E-state index contributed by atoms with van der Waals surface area (Å²) < 4.78 is 30.0. The van der Waals surface area contributed by atoms with E-state index in [0.717, 1.165) is 47.4 Å². The van der Waals surface area contributed by atoms with Gasteiger partial charge in [0.05, 0.1) is 17.2 Å². The van der Waals surface area contributed by atoms with Crippen LogP contribution in [0.4, 0.5) is 10.8 Å². The lowest BCUT2D eigenvalue weighted by atomic mass is 10.2. The summed E-state index contributed by atoms with van der Waals surface area (Å²) in [5, 5.41) is 1.00. The minimum atomic E-state index is -3.75. The van der Waals surface area contributed by atoms with Crippen LogP contribution in [0.5, 0.6) is 0 Å². The Balaban J connectivity index is 1.32. The summed E-state index contributed by atoms with van der Waals surface area (Å²) >= 11 is 1.67. The van der Waals surface area contributed by atoms with E-state index in [9.17, 15) is 8.42 Å². The number of hydrogen-bond acceptors (Lipinski definition) is 7. The fourth-order valence-electron chi connectivity index (χ4n) is 3.60. The minimum Gasteiger partial charge on any atom is -0.368 e. The van der Waals surface area contributed by atoms with Crippen molar-refractivity contribution in [2.24, 2.45) is 0 Å². The number of thiazole rings is 1. The number of benzene rings is 2. The Morgan fingerprint density at radius 3 is 2.26 bits per heavy atom. The number of anilines is 2. The van der Waals surface area contributed by atoms with E-state index < -0.39 is 10.1 Å². The second-order valence-corrected chi connectivity index (χ2v) is 10.4. The van der Waals surface area contributed by atoms with Crippen LogP contribution in [0, 0.1) is 13.8 Å². The summed E-state index contributed by atoms with van der Waals surface area (Å²) in [5.74, 6) is 0. The molecule has 3 aromatic rings. The Labute approximate surface area is 188 Å². The molecule has 6 nitrogen and oxygen atoms in total. The van der Waals surface area contributed by atoms with E-state index in [-0.39, 0.29) is 11.5 Å². The van der Waals surface area contributed by atoms with Crippen molar-refractivity contribution in [2.75, 3.05) is 42.6 Å². The van der Waals surface area contributed by atoms with Gasteiger partial charge in [0.15, 0.2) is 5.13 Å². The van der Waals surface area contributed by atoms with Gasteiger partial charge < -0.3 is 9.80 Å². The Bertz CT molecular complexity index is 1100. The third-order valence-electron chi connectivity index (χ3n) is 5.44. The third kappa shape index (κ3) is 5.26. The van der Waals surface area contributed by atoms with Crippen LogP contribution in [0.1, 0.15) is 16.1 Å². The van der Waals surface area contributed by atoms with Gasteiger partial charge >= 0.3 is 0 Å². The summed E-state index contributed by atoms with van der Waals surface area (Å²) in [7, 11) is -3.75. The molecule has 0 unspecified atom stereocenters. The molecule has 2 heterocycles. The first-order valence-corrected chi connectivity index (χ1v) is 12.6. The van der Waals surface area contributed by atoms with E-state index >= 15 is 0 Å². The average molecular weight is 458 g/mol. The van der Waals surface area contributed by atoms with Crippen LogP contribution >= 0.6 is 11.3 Å².